The number of thiol groups is 1. The largest absolute Gasteiger partial charge is 0.481 e. The van der Waals surface area contributed by atoms with Crippen LogP contribution in [0.3, 0.4) is 0 Å². The number of aliphatic carboxylic acids is 2. The SMILES string of the molecule is NCC(=O)NC(CCC(=O)O)C(=O)NC(CS)C(=O)NC(CCCN=C(N)N)C(=O)O. The fourth-order valence-corrected chi connectivity index (χ4v) is 2.55. The Morgan fingerprint density at radius 1 is 0.903 bits per heavy atom. The molecule has 0 aliphatic carbocycles. The van der Waals surface area contributed by atoms with Gasteiger partial charge in [0, 0.05) is 18.7 Å². The molecule has 0 radical (unpaired) electrons. The number of amides is 3. The van der Waals surface area contributed by atoms with Gasteiger partial charge in [0.15, 0.2) is 5.96 Å². The van der Waals surface area contributed by atoms with E-state index in [0.717, 1.165) is 0 Å². The molecule has 3 atom stereocenters. The van der Waals surface area contributed by atoms with Crippen molar-refractivity contribution in [1.82, 2.24) is 16.0 Å². The smallest absolute Gasteiger partial charge is 0.326 e. The number of hydrogen-bond acceptors (Lipinski definition) is 8. The lowest BCUT2D eigenvalue weighted by Gasteiger charge is -2.23. The second kappa shape index (κ2) is 14.8. The summed E-state index contributed by atoms with van der Waals surface area (Å²) in [6, 6.07) is -3.75. The minimum Gasteiger partial charge on any atom is -0.481 e. The zero-order valence-electron chi connectivity index (χ0n) is 16.7. The van der Waals surface area contributed by atoms with E-state index >= 15 is 0 Å². The van der Waals surface area contributed by atoms with Crippen LogP contribution in [0.4, 0.5) is 0 Å². The quantitative estimate of drug-likeness (QED) is 0.0497. The molecule has 0 heterocycles. The van der Waals surface area contributed by atoms with Gasteiger partial charge in [0.2, 0.25) is 17.7 Å². The van der Waals surface area contributed by atoms with Crippen molar-refractivity contribution in [3.63, 3.8) is 0 Å². The molecule has 0 bridgehead atoms. The first-order valence-electron chi connectivity index (χ1n) is 9.22. The number of aliphatic imine (C=N–C) groups is 1. The van der Waals surface area contributed by atoms with Gasteiger partial charge in [-0.2, -0.15) is 12.6 Å². The third kappa shape index (κ3) is 12.3. The van der Waals surface area contributed by atoms with Crippen molar-refractivity contribution in [1.29, 1.82) is 0 Å². The monoisotopic (exact) mass is 463 g/mol. The standard InChI is InChI=1S/C16H29N7O7S/c17-6-11(24)21-8(3-4-12(25)26)13(27)23-10(7-31)14(28)22-9(15(29)30)2-1-5-20-16(18)19/h8-10,31H,1-7,17H2,(H,21,24)(H,22,28)(H,23,27)(H,25,26)(H,29,30)(H4,18,19,20). The average molecular weight is 464 g/mol. The fourth-order valence-electron chi connectivity index (χ4n) is 2.29. The Bertz CT molecular complexity index is 685. The van der Waals surface area contributed by atoms with Gasteiger partial charge in [0.1, 0.15) is 18.1 Å². The molecule has 3 amide bonds. The van der Waals surface area contributed by atoms with E-state index in [0.29, 0.717) is 0 Å². The van der Waals surface area contributed by atoms with Gasteiger partial charge in [-0.3, -0.25) is 24.2 Å². The highest BCUT2D eigenvalue weighted by Gasteiger charge is 2.28. The van der Waals surface area contributed by atoms with Crippen LogP contribution in [0, 0.1) is 0 Å². The van der Waals surface area contributed by atoms with Crippen LogP contribution in [0.1, 0.15) is 25.7 Å². The minimum absolute atomic E-state index is 0.0267. The first-order chi connectivity index (χ1) is 14.5. The first-order valence-corrected chi connectivity index (χ1v) is 9.86. The van der Waals surface area contributed by atoms with E-state index in [1.807, 2.05) is 0 Å². The van der Waals surface area contributed by atoms with E-state index in [4.69, 9.17) is 22.3 Å². The average Bonchev–Trinajstić information content (AvgIpc) is 2.70. The minimum atomic E-state index is -1.29. The number of nitrogens with zero attached hydrogens (tertiary/aromatic N) is 1. The third-order valence-electron chi connectivity index (χ3n) is 3.86. The van der Waals surface area contributed by atoms with Crippen molar-refractivity contribution in [3.05, 3.63) is 0 Å². The number of nitrogens with two attached hydrogens (primary N) is 3. The summed E-state index contributed by atoms with van der Waals surface area (Å²) in [7, 11) is 0. The van der Waals surface area contributed by atoms with Gasteiger partial charge in [-0.1, -0.05) is 0 Å². The number of guanidine groups is 1. The van der Waals surface area contributed by atoms with Crippen LogP contribution in [0.2, 0.25) is 0 Å². The lowest BCUT2D eigenvalue weighted by molar-refractivity contribution is -0.142. The Labute approximate surface area is 183 Å². The highest BCUT2D eigenvalue weighted by molar-refractivity contribution is 7.80. The summed E-state index contributed by atoms with van der Waals surface area (Å²) in [6.45, 7) is -0.256. The summed E-state index contributed by atoms with van der Waals surface area (Å²) in [5.41, 5.74) is 15.6. The zero-order valence-corrected chi connectivity index (χ0v) is 17.6. The summed E-state index contributed by atoms with van der Waals surface area (Å²) in [5, 5.41) is 25.0. The molecule has 176 valence electrons. The number of carbonyl (C=O) groups is 5. The topological polar surface area (TPSA) is 252 Å². The van der Waals surface area contributed by atoms with Gasteiger partial charge >= 0.3 is 11.9 Å². The van der Waals surface area contributed by atoms with Crippen LogP contribution in [0.25, 0.3) is 0 Å². The number of carboxylic acids is 2. The van der Waals surface area contributed by atoms with Crippen LogP contribution in [-0.2, 0) is 24.0 Å². The van der Waals surface area contributed by atoms with Gasteiger partial charge in [-0.25, -0.2) is 4.79 Å². The molecule has 0 aromatic carbocycles. The van der Waals surface area contributed by atoms with Gasteiger partial charge in [0.05, 0.1) is 6.54 Å². The third-order valence-corrected chi connectivity index (χ3v) is 4.22. The predicted molar refractivity (Wildman–Crippen MR) is 113 cm³/mol. The van der Waals surface area contributed by atoms with E-state index in [-0.39, 0.29) is 37.5 Å². The van der Waals surface area contributed by atoms with Gasteiger partial charge in [-0.15, -0.1) is 0 Å². The Hall–Kier alpha value is -3.07. The predicted octanol–water partition coefficient (Wildman–Crippen LogP) is -3.67. The molecule has 31 heavy (non-hydrogen) atoms. The molecule has 0 spiro atoms. The molecule has 0 aromatic rings. The summed E-state index contributed by atoms with van der Waals surface area (Å²) in [5.74, 6) is -5.16. The van der Waals surface area contributed by atoms with Crippen LogP contribution >= 0.6 is 12.6 Å². The number of carboxylic acid groups (broad SMARTS) is 2. The molecule has 14 nitrogen and oxygen atoms in total. The fraction of sp³-hybridized carbons (Fsp3) is 0.625. The highest BCUT2D eigenvalue weighted by atomic mass is 32.1. The summed E-state index contributed by atoms with van der Waals surface area (Å²) in [4.78, 5) is 62.3. The molecule has 0 saturated carbocycles. The Morgan fingerprint density at radius 2 is 1.48 bits per heavy atom. The molecule has 0 aliphatic rings. The molecular weight excluding hydrogens is 434 g/mol. The van der Waals surface area contributed by atoms with Crippen molar-refractivity contribution in [3.8, 4) is 0 Å². The molecular formula is C16H29N7O7S. The second-order valence-electron chi connectivity index (χ2n) is 6.35. The number of hydrogen-bond donors (Lipinski definition) is 9. The van der Waals surface area contributed by atoms with E-state index < -0.39 is 60.8 Å². The molecule has 0 aliphatic heterocycles. The number of rotatable bonds is 15. The van der Waals surface area contributed by atoms with Crippen molar-refractivity contribution < 1.29 is 34.2 Å². The van der Waals surface area contributed by atoms with Gasteiger partial charge in [0.25, 0.3) is 0 Å². The van der Waals surface area contributed by atoms with Gasteiger partial charge < -0.3 is 43.4 Å². The van der Waals surface area contributed by atoms with E-state index in [1.165, 1.54) is 0 Å². The van der Waals surface area contributed by atoms with Crippen LogP contribution < -0.4 is 33.2 Å². The highest BCUT2D eigenvalue weighted by Crippen LogP contribution is 2.03. The molecule has 0 rings (SSSR count). The zero-order chi connectivity index (χ0) is 24.0. The molecule has 11 N–H and O–H groups in total. The first kappa shape index (κ1) is 27.9. The van der Waals surface area contributed by atoms with E-state index in [9.17, 15) is 29.1 Å². The van der Waals surface area contributed by atoms with Crippen LogP contribution in [0.15, 0.2) is 4.99 Å². The Kier molecular flexibility index (Phi) is 13.4. The lowest BCUT2D eigenvalue weighted by Crippen LogP contribution is -2.56. The molecule has 0 aromatic heterocycles. The van der Waals surface area contributed by atoms with Crippen molar-refractivity contribution in [2.45, 2.75) is 43.8 Å². The summed E-state index contributed by atoms with van der Waals surface area (Å²) in [6.07, 6.45) is -0.359. The number of carbonyl (C=O) groups excluding carboxylic acids is 3. The summed E-state index contributed by atoms with van der Waals surface area (Å²) >= 11 is 3.98. The summed E-state index contributed by atoms with van der Waals surface area (Å²) < 4.78 is 0. The van der Waals surface area contributed by atoms with Gasteiger partial charge in [-0.05, 0) is 19.3 Å². The molecule has 3 unspecified atom stereocenters. The van der Waals surface area contributed by atoms with Crippen LogP contribution in [-0.4, -0.2) is 82.8 Å². The maximum atomic E-state index is 12.4. The maximum absolute atomic E-state index is 12.4. The number of nitrogens with one attached hydrogen (secondary N) is 3. The Morgan fingerprint density at radius 3 is 1.97 bits per heavy atom. The van der Waals surface area contributed by atoms with E-state index in [1.54, 1.807) is 0 Å². The molecule has 0 saturated heterocycles. The molecule has 15 heteroatoms. The second-order valence-corrected chi connectivity index (χ2v) is 6.71. The molecule has 0 fully saturated rings. The van der Waals surface area contributed by atoms with Crippen molar-refractivity contribution >= 4 is 48.2 Å². The Balaban J connectivity index is 5.06. The lowest BCUT2D eigenvalue weighted by atomic mass is 10.1. The van der Waals surface area contributed by atoms with E-state index in [2.05, 4.69) is 33.6 Å². The van der Waals surface area contributed by atoms with Crippen LogP contribution in [0.5, 0.6) is 0 Å². The normalized spacial score (nSPS) is 13.2. The van der Waals surface area contributed by atoms with Crippen molar-refractivity contribution in [2.75, 3.05) is 18.8 Å². The van der Waals surface area contributed by atoms with Crippen molar-refractivity contribution in [2.24, 2.45) is 22.2 Å². The maximum Gasteiger partial charge on any atom is 0.326 e.